The summed E-state index contributed by atoms with van der Waals surface area (Å²) in [6.45, 7) is 6.18. The van der Waals surface area contributed by atoms with E-state index in [0.717, 1.165) is 25.1 Å². The number of carbonyl (C=O) groups excluding carboxylic acids is 1. The van der Waals surface area contributed by atoms with E-state index in [2.05, 4.69) is 24.1 Å². The molecule has 1 unspecified atom stereocenters. The quantitative estimate of drug-likeness (QED) is 0.898. The predicted octanol–water partition coefficient (Wildman–Crippen LogP) is 2.48. The fraction of sp³-hybridized carbons (Fsp3) is 0.562. The Kier molecular flexibility index (Phi) is 7.15. The second kappa shape index (κ2) is 8.37. The summed E-state index contributed by atoms with van der Waals surface area (Å²) in [4.78, 5) is 14.4. The van der Waals surface area contributed by atoms with Crippen molar-refractivity contribution in [3.63, 3.8) is 0 Å². The van der Waals surface area contributed by atoms with E-state index >= 15 is 0 Å². The Bertz CT molecular complexity index is 479. The topological polar surface area (TPSA) is 58.4 Å². The van der Waals surface area contributed by atoms with E-state index in [1.807, 2.05) is 18.2 Å². The molecular formula is C16H26ClN3O. The van der Waals surface area contributed by atoms with Gasteiger partial charge in [0, 0.05) is 18.3 Å². The minimum absolute atomic E-state index is 0. The molecular weight excluding hydrogens is 286 g/mol. The predicted molar refractivity (Wildman–Crippen MR) is 90.1 cm³/mol. The van der Waals surface area contributed by atoms with Gasteiger partial charge in [-0.2, -0.15) is 0 Å². The Balaban J connectivity index is 0.00000220. The molecule has 1 aromatic carbocycles. The van der Waals surface area contributed by atoms with Crippen LogP contribution in [0.5, 0.6) is 0 Å². The van der Waals surface area contributed by atoms with Gasteiger partial charge in [-0.1, -0.05) is 12.5 Å². The number of hydrogen-bond acceptors (Lipinski definition) is 3. The van der Waals surface area contributed by atoms with Crippen LogP contribution in [-0.4, -0.2) is 36.5 Å². The number of benzene rings is 1. The molecule has 1 saturated heterocycles. The Morgan fingerprint density at radius 2 is 2.10 bits per heavy atom. The molecule has 21 heavy (non-hydrogen) atoms. The van der Waals surface area contributed by atoms with Crippen LogP contribution in [0, 0.1) is 13.8 Å². The molecule has 1 atom stereocenters. The van der Waals surface area contributed by atoms with Gasteiger partial charge in [0.1, 0.15) is 0 Å². The number of rotatable bonds is 4. The summed E-state index contributed by atoms with van der Waals surface area (Å²) in [7, 11) is 0. The third-order valence-electron chi connectivity index (χ3n) is 4.16. The van der Waals surface area contributed by atoms with Crippen molar-refractivity contribution in [3.05, 3.63) is 29.3 Å². The van der Waals surface area contributed by atoms with Crippen molar-refractivity contribution in [2.24, 2.45) is 5.73 Å². The number of halogens is 1. The van der Waals surface area contributed by atoms with Crippen LogP contribution in [-0.2, 0) is 4.79 Å². The molecule has 0 saturated carbocycles. The first-order chi connectivity index (χ1) is 9.60. The van der Waals surface area contributed by atoms with E-state index < -0.39 is 0 Å². The zero-order valence-corrected chi connectivity index (χ0v) is 13.7. The molecule has 1 aromatic rings. The van der Waals surface area contributed by atoms with Crippen molar-refractivity contribution in [1.82, 2.24) is 4.90 Å². The molecule has 1 amide bonds. The molecule has 0 bridgehead atoms. The summed E-state index contributed by atoms with van der Waals surface area (Å²) in [5.74, 6) is 0.0496. The molecule has 0 aromatic heterocycles. The number of nitrogens with two attached hydrogens (primary N) is 1. The minimum atomic E-state index is 0. The van der Waals surface area contributed by atoms with E-state index in [0.29, 0.717) is 19.1 Å². The van der Waals surface area contributed by atoms with E-state index in [4.69, 9.17) is 5.73 Å². The van der Waals surface area contributed by atoms with Gasteiger partial charge in [-0.15, -0.1) is 12.4 Å². The first-order valence-electron chi connectivity index (χ1n) is 7.41. The van der Waals surface area contributed by atoms with Crippen molar-refractivity contribution in [2.75, 3.05) is 25.0 Å². The van der Waals surface area contributed by atoms with E-state index in [1.54, 1.807) is 0 Å². The molecule has 3 N–H and O–H groups in total. The maximum Gasteiger partial charge on any atom is 0.238 e. The van der Waals surface area contributed by atoms with Crippen LogP contribution < -0.4 is 11.1 Å². The zero-order valence-electron chi connectivity index (χ0n) is 12.9. The lowest BCUT2D eigenvalue weighted by molar-refractivity contribution is -0.118. The highest BCUT2D eigenvalue weighted by Crippen LogP contribution is 2.17. The van der Waals surface area contributed by atoms with E-state index in [1.165, 1.54) is 17.5 Å². The van der Waals surface area contributed by atoms with Crippen LogP contribution in [0.25, 0.3) is 0 Å². The summed E-state index contributed by atoms with van der Waals surface area (Å²) >= 11 is 0. The van der Waals surface area contributed by atoms with Gasteiger partial charge in [0.05, 0.1) is 6.54 Å². The van der Waals surface area contributed by atoms with E-state index in [-0.39, 0.29) is 18.3 Å². The number of amides is 1. The highest BCUT2D eigenvalue weighted by Gasteiger charge is 2.22. The molecule has 1 aliphatic rings. The lowest BCUT2D eigenvalue weighted by Crippen LogP contribution is -2.47. The van der Waals surface area contributed by atoms with Crippen LogP contribution >= 0.6 is 12.4 Å². The second-order valence-corrected chi connectivity index (χ2v) is 5.70. The Morgan fingerprint density at radius 1 is 1.33 bits per heavy atom. The number of piperidine rings is 1. The third-order valence-corrected chi connectivity index (χ3v) is 4.16. The summed E-state index contributed by atoms with van der Waals surface area (Å²) in [5, 5.41) is 2.98. The van der Waals surface area contributed by atoms with Crippen LogP contribution in [0.4, 0.5) is 5.69 Å². The fourth-order valence-electron chi connectivity index (χ4n) is 2.74. The Hall–Kier alpha value is -1.10. The first-order valence-corrected chi connectivity index (χ1v) is 7.41. The number of aryl methyl sites for hydroxylation is 2. The fourth-order valence-corrected chi connectivity index (χ4v) is 2.74. The van der Waals surface area contributed by atoms with Gasteiger partial charge >= 0.3 is 0 Å². The average Bonchev–Trinajstić information content (AvgIpc) is 2.43. The van der Waals surface area contributed by atoms with E-state index in [9.17, 15) is 4.79 Å². The normalized spacial score (nSPS) is 18.9. The summed E-state index contributed by atoms with van der Waals surface area (Å²) < 4.78 is 0. The minimum Gasteiger partial charge on any atom is -0.329 e. The van der Waals surface area contributed by atoms with Crippen LogP contribution in [0.3, 0.4) is 0 Å². The maximum absolute atomic E-state index is 12.1. The number of nitrogens with one attached hydrogen (secondary N) is 1. The van der Waals surface area contributed by atoms with Gasteiger partial charge in [0.2, 0.25) is 5.91 Å². The number of hydrogen-bond donors (Lipinski definition) is 2. The number of anilines is 1. The maximum atomic E-state index is 12.1. The van der Waals surface area contributed by atoms with Gasteiger partial charge in [0.25, 0.3) is 0 Å². The van der Waals surface area contributed by atoms with Crippen LogP contribution in [0.15, 0.2) is 18.2 Å². The summed E-state index contributed by atoms with van der Waals surface area (Å²) in [6, 6.07) is 6.36. The zero-order chi connectivity index (χ0) is 14.5. The molecule has 1 aliphatic heterocycles. The number of likely N-dealkylation sites (tertiary alicyclic amines) is 1. The number of nitrogens with zero attached hydrogens (tertiary/aromatic N) is 1. The second-order valence-electron chi connectivity index (χ2n) is 5.70. The van der Waals surface area contributed by atoms with Gasteiger partial charge in [-0.25, -0.2) is 0 Å². The third kappa shape index (κ3) is 4.99. The lowest BCUT2D eigenvalue weighted by atomic mass is 10.0. The monoisotopic (exact) mass is 311 g/mol. The van der Waals surface area contributed by atoms with Gasteiger partial charge in [-0.05, 0) is 56.5 Å². The first kappa shape index (κ1) is 18.0. The molecule has 4 nitrogen and oxygen atoms in total. The largest absolute Gasteiger partial charge is 0.329 e. The molecule has 1 heterocycles. The standard InChI is InChI=1S/C16H25N3O.ClH/c1-12-6-7-14(9-13(12)2)18-16(20)11-19-8-4-3-5-15(19)10-17;/h6-7,9,15H,3-5,8,10-11,17H2,1-2H3,(H,18,20);1H. The van der Waals surface area contributed by atoms with Crippen molar-refractivity contribution in [3.8, 4) is 0 Å². The van der Waals surface area contributed by atoms with Gasteiger partial charge in [-0.3, -0.25) is 9.69 Å². The smallest absolute Gasteiger partial charge is 0.238 e. The van der Waals surface area contributed by atoms with Gasteiger partial charge < -0.3 is 11.1 Å². The average molecular weight is 312 g/mol. The van der Waals surface area contributed by atoms with Crippen LogP contribution in [0.1, 0.15) is 30.4 Å². The Labute approximate surface area is 133 Å². The van der Waals surface area contributed by atoms with Crippen molar-refractivity contribution < 1.29 is 4.79 Å². The summed E-state index contributed by atoms with van der Waals surface area (Å²) in [6.07, 6.45) is 3.48. The Morgan fingerprint density at radius 3 is 2.76 bits per heavy atom. The molecule has 0 aliphatic carbocycles. The molecule has 5 heteroatoms. The molecule has 0 spiro atoms. The number of carbonyl (C=O) groups is 1. The van der Waals surface area contributed by atoms with Crippen molar-refractivity contribution >= 4 is 24.0 Å². The SMILES string of the molecule is Cc1ccc(NC(=O)CN2CCCCC2CN)cc1C.Cl. The van der Waals surface area contributed by atoms with Gasteiger partial charge in [0.15, 0.2) is 0 Å². The highest BCUT2D eigenvalue weighted by molar-refractivity contribution is 5.92. The molecule has 2 rings (SSSR count). The lowest BCUT2D eigenvalue weighted by Gasteiger charge is -2.34. The molecule has 1 fully saturated rings. The molecule has 0 radical (unpaired) electrons. The van der Waals surface area contributed by atoms with Crippen molar-refractivity contribution in [2.45, 2.75) is 39.2 Å². The highest BCUT2D eigenvalue weighted by atomic mass is 35.5. The summed E-state index contributed by atoms with van der Waals surface area (Å²) in [5.41, 5.74) is 9.09. The molecule has 118 valence electrons. The van der Waals surface area contributed by atoms with Crippen LogP contribution in [0.2, 0.25) is 0 Å². The van der Waals surface area contributed by atoms with Crippen molar-refractivity contribution in [1.29, 1.82) is 0 Å².